The summed E-state index contributed by atoms with van der Waals surface area (Å²) in [6.45, 7) is 1.85. The van der Waals surface area contributed by atoms with E-state index in [1.165, 1.54) is 0 Å². The van der Waals surface area contributed by atoms with Gasteiger partial charge in [-0.05, 0) is 24.6 Å². The molecule has 2 aromatic carbocycles. The van der Waals surface area contributed by atoms with Crippen molar-refractivity contribution < 1.29 is 19.5 Å². The first-order chi connectivity index (χ1) is 11.0. The minimum atomic E-state index is -1.04. The number of rotatable bonds is 6. The summed E-state index contributed by atoms with van der Waals surface area (Å²) in [7, 11) is 0. The summed E-state index contributed by atoms with van der Waals surface area (Å²) in [5.41, 5.74) is 2.19. The molecule has 1 amide bonds. The Labute approximate surface area is 134 Å². The average Bonchev–Trinajstić information content (AvgIpc) is 2.53. The molecule has 5 heteroatoms. The van der Waals surface area contributed by atoms with Gasteiger partial charge in [-0.15, -0.1) is 0 Å². The third-order valence-electron chi connectivity index (χ3n) is 3.30. The van der Waals surface area contributed by atoms with Crippen LogP contribution in [0.2, 0.25) is 0 Å². The van der Waals surface area contributed by atoms with E-state index in [0.29, 0.717) is 16.8 Å². The van der Waals surface area contributed by atoms with Crippen LogP contribution in [0, 0.1) is 6.92 Å². The maximum absolute atomic E-state index is 12.6. The maximum Gasteiger partial charge on any atom is 0.303 e. The predicted molar refractivity (Wildman–Crippen MR) is 86.6 cm³/mol. The molecule has 0 aliphatic heterocycles. The fourth-order valence-electron chi connectivity index (χ4n) is 2.14. The van der Waals surface area contributed by atoms with E-state index in [-0.39, 0.29) is 18.6 Å². The van der Waals surface area contributed by atoms with Gasteiger partial charge in [0.05, 0.1) is 12.1 Å². The monoisotopic (exact) mass is 311 g/mol. The minimum absolute atomic E-state index is 0.137. The molecule has 0 heterocycles. The van der Waals surface area contributed by atoms with Crippen LogP contribution in [0.1, 0.15) is 34.3 Å². The molecule has 0 bridgehead atoms. The van der Waals surface area contributed by atoms with E-state index in [1.54, 1.807) is 42.5 Å². The summed E-state index contributed by atoms with van der Waals surface area (Å²) in [5, 5.41) is 11.3. The smallest absolute Gasteiger partial charge is 0.303 e. The van der Waals surface area contributed by atoms with Gasteiger partial charge in [0.15, 0.2) is 5.78 Å². The van der Waals surface area contributed by atoms with Crippen LogP contribution in [0.4, 0.5) is 5.69 Å². The largest absolute Gasteiger partial charge is 0.481 e. The number of carbonyl (C=O) groups is 3. The molecule has 0 unspecified atom stereocenters. The standard InChI is InChI=1S/C18H17NO4/c1-12-7-8-14(18(23)13-5-3-2-4-6-13)15(11-12)19-16(20)9-10-17(21)22/h2-8,11H,9-10H2,1H3,(H,19,20)(H,21,22). The Morgan fingerprint density at radius 1 is 1.00 bits per heavy atom. The van der Waals surface area contributed by atoms with E-state index in [1.807, 2.05) is 13.0 Å². The molecule has 118 valence electrons. The maximum atomic E-state index is 12.6. The molecule has 2 N–H and O–H groups in total. The molecule has 0 atom stereocenters. The molecule has 0 aliphatic rings. The zero-order valence-corrected chi connectivity index (χ0v) is 12.7. The van der Waals surface area contributed by atoms with Gasteiger partial charge in [-0.25, -0.2) is 0 Å². The number of carbonyl (C=O) groups excluding carboxylic acids is 2. The number of aliphatic carboxylic acids is 1. The van der Waals surface area contributed by atoms with Crippen LogP contribution in [-0.2, 0) is 9.59 Å². The quantitative estimate of drug-likeness (QED) is 0.803. The van der Waals surface area contributed by atoms with Crippen molar-refractivity contribution in [2.45, 2.75) is 19.8 Å². The Bertz CT molecular complexity index is 738. The molecule has 23 heavy (non-hydrogen) atoms. The molecule has 5 nitrogen and oxygen atoms in total. The summed E-state index contributed by atoms with van der Waals surface area (Å²) >= 11 is 0. The lowest BCUT2D eigenvalue weighted by Gasteiger charge is -2.11. The fraction of sp³-hybridized carbons (Fsp3) is 0.167. The van der Waals surface area contributed by atoms with Crippen LogP contribution in [0.5, 0.6) is 0 Å². The van der Waals surface area contributed by atoms with Gasteiger partial charge in [0.1, 0.15) is 0 Å². The lowest BCUT2D eigenvalue weighted by molar-refractivity contribution is -0.138. The molecule has 0 aromatic heterocycles. The number of amides is 1. The number of carboxylic acid groups (broad SMARTS) is 1. The number of ketones is 1. The minimum Gasteiger partial charge on any atom is -0.481 e. The van der Waals surface area contributed by atoms with Crippen LogP contribution < -0.4 is 5.32 Å². The van der Waals surface area contributed by atoms with Crippen molar-refractivity contribution in [3.8, 4) is 0 Å². The Hall–Kier alpha value is -2.95. The molecule has 0 saturated carbocycles. The molecule has 0 spiro atoms. The van der Waals surface area contributed by atoms with Crippen LogP contribution >= 0.6 is 0 Å². The number of nitrogens with one attached hydrogen (secondary N) is 1. The Balaban J connectivity index is 2.25. The van der Waals surface area contributed by atoms with Crippen molar-refractivity contribution in [3.05, 3.63) is 65.2 Å². The highest BCUT2D eigenvalue weighted by Gasteiger charge is 2.15. The number of hydrogen-bond donors (Lipinski definition) is 2. The number of aryl methyl sites for hydroxylation is 1. The highest BCUT2D eigenvalue weighted by molar-refractivity contribution is 6.13. The van der Waals surface area contributed by atoms with Crippen molar-refractivity contribution in [2.24, 2.45) is 0 Å². The summed E-state index contributed by atoms with van der Waals surface area (Å²) in [6.07, 6.45) is -0.387. The normalized spacial score (nSPS) is 10.1. The van der Waals surface area contributed by atoms with Crippen molar-refractivity contribution >= 4 is 23.3 Å². The van der Waals surface area contributed by atoms with E-state index in [2.05, 4.69) is 5.32 Å². The van der Waals surface area contributed by atoms with Gasteiger partial charge in [0.2, 0.25) is 5.91 Å². The van der Waals surface area contributed by atoms with Crippen LogP contribution in [0.3, 0.4) is 0 Å². The second-order valence-corrected chi connectivity index (χ2v) is 5.19. The second-order valence-electron chi connectivity index (χ2n) is 5.19. The van der Waals surface area contributed by atoms with Crippen LogP contribution in [-0.4, -0.2) is 22.8 Å². The number of hydrogen-bond acceptors (Lipinski definition) is 3. The highest BCUT2D eigenvalue weighted by atomic mass is 16.4. The summed E-state index contributed by atoms with van der Waals surface area (Å²) in [5.74, 6) is -1.66. The zero-order valence-electron chi connectivity index (χ0n) is 12.7. The summed E-state index contributed by atoms with van der Waals surface area (Å²) in [6, 6.07) is 13.9. The van der Waals surface area contributed by atoms with Gasteiger partial charge >= 0.3 is 5.97 Å². The van der Waals surface area contributed by atoms with E-state index >= 15 is 0 Å². The van der Waals surface area contributed by atoms with Crippen molar-refractivity contribution in [1.82, 2.24) is 0 Å². The molecule has 0 fully saturated rings. The van der Waals surface area contributed by atoms with Gasteiger partial charge in [0, 0.05) is 17.5 Å². The predicted octanol–water partition coefficient (Wildman–Crippen LogP) is 3.03. The summed E-state index contributed by atoms with van der Waals surface area (Å²) < 4.78 is 0. The van der Waals surface area contributed by atoms with Gasteiger partial charge in [-0.3, -0.25) is 14.4 Å². The van der Waals surface area contributed by atoms with Crippen molar-refractivity contribution in [3.63, 3.8) is 0 Å². The van der Waals surface area contributed by atoms with Crippen LogP contribution in [0.15, 0.2) is 48.5 Å². The highest BCUT2D eigenvalue weighted by Crippen LogP contribution is 2.21. The van der Waals surface area contributed by atoms with Gasteiger partial charge in [-0.1, -0.05) is 36.4 Å². The Kier molecular flexibility index (Phi) is 5.25. The van der Waals surface area contributed by atoms with Gasteiger partial charge < -0.3 is 10.4 Å². The van der Waals surface area contributed by atoms with E-state index < -0.39 is 11.9 Å². The topological polar surface area (TPSA) is 83.5 Å². The van der Waals surface area contributed by atoms with Crippen LogP contribution in [0.25, 0.3) is 0 Å². The lowest BCUT2D eigenvalue weighted by Crippen LogP contribution is -2.16. The van der Waals surface area contributed by atoms with Crippen molar-refractivity contribution in [2.75, 3.05) is 5.32 Å². The Morgan fingerprint density at radius 3 is 2.35 bits per heavy atom. The summed E-state index contributed by atoms with van der Waals surface area (Å²) in [4.78, 5) is 35.0. The zero-order chi connectivity index (χ0) is 16.8. The number of carboxylic acids is 1. The first-order valence-corrected chi connectivity index (χ1v) is 7.19. The molecule has 2 rings (SSSR count). The fourth-order valence-corrected chi connectivity index (χ4v) is 2.14. The molecular weight excluding hydrogens is 294 g/mol. The number of anilines is 1. The third-order valence-corrected chi connectivity index (χ3v) is 3.30. The lowest BCUT2D eigenvalue weighted by atomic mass is 10.00. The molecular formula is C18H17NO4. The van der Waals surface area contributed by atoms with Gasteiger partial charge in [-0.2, -0.15) is 0 Å². The van der Waals surface area contributed by atoms with E-state index in [0.717, 1.165) is 5.56 Å². The SMILES string of the molecule is Cc1ccc(C(=O)c2ccccc2)c(NC(=O)CCC(=O)O)c1. The first-order valence-electron chi connectivity index (χ1n) is 7.19. The van der Waals surface area contributed by atoms with E-state index in [9.17, 15) is 14.4 Å². The first kappa shape index (κ1) is 16.4. The van der Waals surface area contributed by atoms with E-state index in [4.69, 9.17) is 5.11 Å². The molecule has 0 saturated heterocycles. The third kappa shape index (κ3) is 4.51. The number of benzene rings is 2. The second kappa shape index (κ2) is 7.35. The average molecular weight is 311 g/mol. The molecule has 2 aromatic rings. The molecule has 0 radical (unpaired) electrons. The Morgan fingerprint density at radius 2 is 1.70 bits per heavy atom. The molecule has 0 aliphatic carbocycles. The van der Waals surface area contributed by atoms with Crippen molar-refractivity contribution in [1.29, 1.82) is 0 Å². The van der Waals surface area contributed by atoms with Gasteiger partial charge in [0.25, 0.3) is 0 Å².